The molecule has 1 aliphatic heterocycles. The third-order valence-electron chi connectivity index (χ3n) is 7.08. The predicted octanol–water partition coefficient (Wildman–Crippen LogP) is 5.79. The number of non-ortho nitro benzene ring substituents is 2. The van der Waals surface area contributed by atoms with Crippen molar-refractivity contribution in [3.8, 4) is 22.6 Å². The van der Waals surface area contributed by atoms with Crippen molar-refractivity contribution in [3.05, 3.63) is 134 Å². The van der Waals surface area contributed by atoms with Gasteiger partial charge >= 0.3 is 5.97 Å². The summed E-state index contributed by atoms with van der Waals surface area (Å²) in [6.45, 7) is 3.37. The minimum Gasteiger partial charge on any atom is -0.463 e. The van der Waals surface area contributed by atoms with Crippen LogP contribution in [0.4, 0.5) is 11.4 Å². The van der Waals surface area contributed by atoms with Crippen LogP contribution in [0.2, 0.25) is 5.02 Å². The highest BCUT2D eigenvalue weighted by Crippen LogP contribution is 2.35. The zero-order valence-electron chi connectivity index (χ0n) is 24.0. The number of furan rings is 2. The fourth-order valence-electron chi connectivity index (χ4n) is 5.01. The Hall–Kier alpha value is -5.60. The van der Waals surface area contributed by atoms with Crippen LogP contribution in [-0.2, 0) is 9.53 Å². The highest BCUT2D eigenvalue weighted by molar-refractivity contribution is 7.07. The highest BCUT2D eigenvalue weighted by Gasteiger charge is 2.35. The molecule has 0 spiro atoms. The molecular weight excluding hydrogens is 640 g/mol. The number of fused-ring (bicyclic) bond motifs is 1. The van der Waals surface area contributed by atoms with E-state index in [1.54, 1.807) is 44.2 Å². The summed E-state index contributed by atoms with van der Waals surface area (Å²) in [6.07, 6.45) is 1.50. The van der Waals surface area contributed by atoms with Crippen molar-refractivity contribution in [1.29, 1.82) is 0 Å². The summed E-state index contributed by atoms with van der Waals surface area (Å²) in [7, 11) is 0. The van der Waals surface area contributed by atoms with E-state index in [1.165, 1.54) is 47.0 Å². The Kier molecular flexibility index (Phi) is 7.98. The van der Waals surface area contributed by atoms with Crippen molar-refractivity contribution in [2.75, 3.05) is 6.61 Å². The maximum absolute atomic E-state index is 13.9. The molecule has 0 amide bonds. The molecule has 46 heavy (non-hydrogen) atoms. The lowest BCUT2D eigenvalue weighted by molar-refractivity contribution is -0.385. The fourth-order valence-corrected chi connectivity index (χ4v) is 6.25. The monoisotopic (exact) mass is 660 g/mol. The third kappa shape index (κ3) is 5.55. The van der Waals surface area contributed by atoms with Crippen LogP contribution in [-0.4, -0.2) is 27.0 Å². The van der Waals surface area contributed by atoms with E-state index in [2.05, 4.69) is 4.99 Å². The molecule has 13 nitrogen and oxygen atoms in total. The van der Waals surface area contributed by atoms with Crippen LogP contribution in [0, 0.1) is 20.2 Å². The summed E-state index contributed by atoms with van der Waals surface area (Å²) in [4.78, 5) is 53.5. The molecular formula is C31H21ClN4O9S. The van der Waals surface area contributed by atoms with E-state index in [0.29, 0.717) is 22.6 Å². The van der Waals surface area contributed by atoms with Crippen molar-refractivity contribution in [2.24, 2.45) is 4.99 Å². The number of benzene rings is 2. The molecule has 0 N–H and O–H groups in total. The van der Waals surface area contributed by atoms with Crippen molar-refractivity contribution in [2.45, 2.75) is 19.9 Å². The van der Waals surface area contributed by atoms with Crippen molar-refractivity contribution in [3.63, 3.8) is 0 Å². The molecule has 6 rings (SSSR count). The molecule has 5 aromatic rings. The van der Waals surface area contributed by atoms with E-state index >= 15 is 0 Å². The highest BCUT2D eigenvalue weighted by atomic mass is 35.5. The molecule has 4 heterocycles. The number of nitro groups is 2. The van der Waals surface area contributed by atoms with Gasteiger partial charge in [0.2, 0.25) is 0 Å². The zero-order chi connectivity index (χ0) is 32.7. The van der Waals surface area contributed by atoms with E-state index in [9.17, 15) is 29.8 Å². The Bertz CT molecular complexity index is 2280. The molecule has 2 aromatic carbocycles. The number of esters is 1. The van der Waals surface area contributed by atoms with Crippen LogP contribution in [0.25, 0.3) is 28.7 Å². The lowest BCUT2D eigenvalue weighted by atomic mass is 10.0. The molecule has 0 bridgehead atoms. The summed E-state index contributed by atoms with van der Waals surface area (Å²) in [5, 5.41) is 22.8. The first kappa shape index (κ1) is 30.4. The topological polar surface area (TPSA) is 173 Å². The first-order chi connectivity index (χ1) is 22.0. The number of hydrogen-bond donors (Lipinski definition) is 0. The summed E-state index contributed by atoms with van der Waals surface area (Å²) in [5.74, 6) is 0.358. The summed E-state index contributed by atoms with van der Waals surface area (Å²) in [6, 6.07) is 15.2. The Morgan fingerprint density at radius 3 is 2.52 bits per heavy atom. The van der Waals surface area contributed by atoms with Gasteiger partial charge in [-0.15, -0.1) is 0 Å². The molecule has 3 aromatic heterocycles. The Labute approximate surface area is 267 Å². The average Bonchev–Trinajstić information content (AvgIpc) is 3.77. The molecule has 0 saturated heterocycles. The number of carbonyl (C=O) groups is 1. The molecule has 232 valence electrons. The lowest BCUT2D eigenvalue weighted by Crippen LogP contribution is -2.39. The molecule has 1 atom stereocenters. The average molecular weight is 661 g/mol. The van der Waals surface area contributed by atoms with Gasteiger partial charge in [0.25, 0.3) is 16.9 Å². The van der Waals surface area contributed by atoms with E-state index in [-0.39, 0.29) is 55.2 Å². The van der Waals surface area contributed by atoms with Crippen LogP contribution in [0.5, 0.6) is 0 Å². The molecule has 15 heteroatoms. The maximum atomic E-state index is 13.9. The number of nitrogens with zero attached hydrogens (tertiary/aromatic N) is 4. The Morgan fingerprint density at radius 1 is 1.04 bits per heavy atom. The van der Waals surface area contributed by atoms with E-state index in [1.807, 2.05) is 0 Å². The van der Waals surface area contributed by atoms with E-state index < -0.39 is 27.4 Å². The Morgan fingerprint density at radius 2 is 1.78 bits per heavy atom. The number of carbonyl (C=O) groups excluding carboxylic acids is 1. The van der Waals surface area contributed by atoms with Crippen molar-refractivity contribution in [1.82, 2.24) is 4.57 Å². The second-order valence-electron chi connectivity index (χ2n) is 9.94. The summed E-state index contributed by atoms with van der Waals surface area (Å²) in [5.41, 5.74) is 0.382. The normalized spacial score (nSPS) is 14.6. The second-order valence-corrected chi connectivity index (χ2v) is 11.4. The maximum Gasteiger partial charge on any atom is 0.338 e. The van der Waals surface area contributed by atoms with Crippen molar-refractivity contribution >= 4 is 46.4 Å². The number of aromatic nitrogens is 1. The van der Waals surface area contributed by atoms with Gasteiger partial charge in [-0.1, -0.05) is 35.1 Å². The number of allylic oxidation sites excluding steroid dienone is 1. The molecule has 0 radical (unpaired) electrons. The molecule has 0 fully saturated rings. The first-order valence-electron chi connectivity index (χ1n) is 13.6. The van der Waals surface area contributed by atoms with Gasteiger partial charge in [-0.25, -0.2) is 9.79 Å². The predicted molar refractivity (Wildman–Crippen MR) is 167 cm³/mol. The molecule has 1 aliphatic rings. The largest absolute Gasteiger partial charge is 0.463 e. The molecule has 0 saturated carbocycles. The Balaban J connectivity index is 1.45. The summed E-state index contributed by atoms with van der Waals surface area (Å²) >= 11 is 7.33. The van der Waals surface area contributed by atoms with Gasteiger partial charge in [-0.2, -0.15) is 0 Å². The zero-order valence-corrected chi connectivity index (χ0v) is 25.5. The third-order valence-corrected chi connectivity index (χ3v) is 8.39. The van der Waals surface area contributed by atoms with Crippen LogP contribution >= 0.6 is 22.9 Å². The van der Waals surface area contributed by atoms with Gasteiger partial charge in [0.05, 0.1) is 37.3 Å². The second kappa shape index (κ2) is 12.1. The number of thiazole rings is 1. The van der Waals surface area contributed by atoms with Gasteiger partial charge < -0.3 is 13.6 Å². The van der Waals surface area contributed by atoms with Crippen LogP contribution in [0.1, 0.15) is 31.4 Å². The first-order valence-corrected chi connectivity index (χ1v) is 14.8. The van der Waals surface area contributed by atoms with Crippen LogP contribution in [0.15, 0.2) is 96.6 Å². The van der Waals surface area contributed by atoms with Gasteiger partial charge in [-0.3, -0.25) is 29.6 Å². The minimum atomic E-state index is -1.05. The number of hydrogen-bond acceptors (Lipinski definition) is 11. The quantitative estimate of drug-likeness (QED) is 0.113. The minimum absolute atomic E-state index is 0.0826. The smallest absolute Gasteiger partial charge is 0.338 e. The van der Waals surface area contributed by atoms with Crippen LogP contribution in [0.3, 0.4) is 0 Å². The molecule has 0 unspecified atom stereocenters. The molecule has 0 aliphatic carbocycles. The SMILES string of the molecule is CCOC(=O)C1=C(C)N=c2s/c(=C\c3ccc(-c4cc([N+](=O)[O-])ccc4Cl)o3)c(=O)n2[C@H]1c1ccc(-c2cccc([N+](=O)[O-])c2)o1. The van der Waals surface area contributed by atoms with Gasteiger partial charge in [-0.05, 0) is 44.2 Å². The number of halogens is 1. The van der Waals surface area contributed by atoms with E-state index in [0.717, 1.165) is 11.3 Å². The van der Waals surface area contributed by atoms with Gasteiger partial charge in [0, 0.05) is 41.5 Å². The lowest BCUT2D eigenvalue weighted by Gasteiger charge is -2.22. The number of nitro benzene ring substituents is 2. The summed E-state index contributed by atoms with van der Waals surface area (Å²) < 4.78 is 18.9. The fraction of sp³-hybridized carbons (Fsp3) is 0.129. The standard InChI is InChI=1S/C31H21ClN4O9S/c1-3-43-30(38)27-16(2)33-31-34(28(27)25-12-11-23(45-25)17-5-4-6-18(13-17)35(39)40)29(37)26(46-31)15-20-8-10-24(44-20)21-14-19(36(41)42)7-9-22(21)32/h4-15,28H,3H2,1-2H3/b26-15-/t28-/m0/s1. The van der Waals surface area contributed by atoms with Gasteiger partial charge in [0.15, 0.2) is 4.80 Å². The van der Waals surface area contributed by atoms with Crippen LogP contribution < -0.4 is 14.9 Å². The number of rotatable bonds is 8. The van der Waals surface area contributed by atoms with E-state index in [4.69, 9.17) is 25.2 Å². The van der Waals surface area contributed by atoms with Gasteiger partial charge in [0.1, 0.15) is 29.1 Å². The van der Waals surface area contributed by atoms with Crippen molar-refractivity contribution < 1.29 is 28.2 Å². The number of ether oxygens (including phenoxy) is 1.